The molecule has 2 heterocycles. The summed E-state index contributed by atoms with van der Waals surface area (Å²) in [4.78, 5) is 4.66. The molecule has 0 aliphatic carbocycles. The topological polar surface area (TPSA) is 76.3 Å². The van der Waals surface area contributed by atoms with E-state index in [1.165, 1.54) is 10.4 Å². The summed E-state index contributed by atoms with van der Waals surface area (Å²) < 4.78 is 33.5. The minimum Gasteiger partial charge on any atom is -0.337 e. The van der Waals surface area contributed by atoms with Crippen molar-refractivity contribution in [2.45, 2.75) is 37.1 Å². The van der Waals surface area contributed by atoms with Crippen LogP contribution in [0, 0.1) is 6.92 Å². The van der Waals surface area contributed by atoms with Crippen molar-refractivity contribution in [1.29, 1.82) is 0 Å². The highest BCUT2D eigenvalue weighted by molar-refractivity contribution is 7.89. The second-order valence-corrected chi connectivity index (χ2v) is 9.16. The van der Waals surface area contributed by atoms with Gasteiger partial charge in [0.05, 0.1) is 4.90 Å². The third-order valence-corrected chi connectivity index (χ3v) is 7.27. The molecule has 3 aromatic rings. The number of halogens is 1. The number of hydrogen-bond acceptors (Lipinski definition) is 5. The van der Waals surface area contributed by atoms with Gasteiger partial charge in [0.25, 0.3) is 0 Å². The molecule has 1 aromatic heterocycles. The number of sulfonamides is 1. The second-order valence-electron chi connectivity index (χ2n) is 6.86. The van der Waals surface area contributed by atoms with Gasteiger partial charge in [-0.1, -0.05) is 59.6 Å². The molecule has 1 aliphatic rings. The predicted molar refractivity (Wildman–Crippen MR) is 106 cm³/mol. The summed E-state index contributed by atoms with van der Waals surface area (Å²) in [6, 6.07) is 13.8. The summed E-state index contributed by atoms with van der Waals surface area (Å²) in [6.07, 6.45) is 2.32. The molecule has 2 aromatic carbocycles. The van der Waals surface area contributed by atoms with Crippen LogP contribution in [-0.2, 0) is 10.0 Å². The van der Waals surface area contributed by atoms with E-state index < -0.39 is 16.1 Å². The average Bonchev–Trinajstić information content (AvgIpc) is 3.21. The smallest absolute Gasteiger partial charge is 0.245 e. The molecule has 1 saturated heterocycles. The first-order valence-corrected chi connectivity index (χ1v) is 11.0. The first-order chi connectivity index (χ1) is 13.5. The summed E-state index contributed by atoms with van der Waals surface area (Å²) in [6.45, 7) is 2.24. The molecule has 1 fully saturated rings. The fraction of sp³-hybridized carbons (Fsp3) is 0.300. The fourth-order valence-corrected chi connectivity index (χ4v) is 5.31. The molecule has 0 amide bonds. The van der Waals surface area contributed by atoms with Gasteiger partial charge in [-0.05, 0) is 37.5 Å². The van der Waals surface area contributed by atoms with Crippen LogP contribution in [0.5, 0.6) is 0 Å². The Labute approximate surface area is 169 Å². The molecular formula is C20H20ClN3O3S. The monoisotopic (exact) mass is 417 g/mol. The predicted octanol–water partition coefficient (Wildman–Crippen LogP) is 4.61. The Morgan fingerprint density at radius 2 is 1.93 bits per heavy atom. The molecular weight excluding hydrogens is 398 g/mol. The Balaban J connectivity index is 1.68. The molecule has 1 atom stereocenters. The molecule has 1 aliphatic heterocycles. The largest absolute Gasteiger partial charge is 0.337 e. The van der Waals surface area contributed by atoms with E-state index >= 15 is 0 Å². The third kappa shape index (κ3) is 3.57. The van der Waals surface area contributed by atoms with Gasteiger partial charge in [0, 0.05) is 17.1 Å². The van der Waals surface area contributed by atoms with Crippen LogP contribution in [0.2, 0.25) is 5.02 Å². The van der Waals surface area contributed by atoms with Crippen LogP contribution in [0.25, 0.3) is 11.4 Å². The maximum atomic E-state index is 13.3. The van der Waals surface area contributed by atoms with Gasteiger partial charge in [-0.2, -0.15) is 9.29 Å². The van der Waals surface area contributed by atoms with Crippen LogP contribution in [0.4, 0.5) is 0 Å². The summed E-state index contributed by atoms with van der Waals surface area (Å²) in [5, 5.41) is 4.48. The Morgan fingerprint density at radius 1 is 1.14 bits per heavy atom. The minimum atomic E-state index is -3.73. The summed E-state index contributed by atoms with van der Waals surface area (Å²) in [7, 11) is -3.73. The van der Waals surface area contributed by atoms with Gasteiger partial charge in [-0.25, -0.2) is 8.42 Å². The molecule has 8 heteroatoms. The van der Waals surface area contributed by atoms with Crippen LogP contribution in [-0.4, -0.2) is 29.4 Å². The molecule has 0 N–H and O–H groups in total. The van der Waals surface area contributed by atoms with Crippen molar-refractivity contribution in [3.63, 3.8) is 0 Å². The van der Waals surface area contributed by atoms with Gasteiger partial charge in [-0.3, -0.25) is 0 Å². The van der Waals surface area contributed by atoms with Gasteiger partial charge in [-0.15, -0.1) is 0 Å². The van der Waals surface area contributed by atoms with Crippen LogP contribution < -0.4 is 0 Å². The summed E-state index contributed by atoms with van der Waals surface area (Å²) in [5.41, 5.74) is 1.66. The van der Waals surface area contributed by atoms with Crippen molar-refractivity contribution in [2.75, 3.05) is 6.54 Å². The van der Waals surface area contributed by atoms with Crippen molar-refractivity contribution < 1.29 is 12.9 Å². The average molecular weight is 418 g/mol. The molecule has 28 heavy (non-hydrogen) atoms. The molecule has 146 valence electrons. The third-order valence-electron chi connectivity index (χ3n) is 4.96. The van der Waals surface area contributed by atoms with Crippen LogP contribution >= 0.6 is 11.6 Å². The zero-order valence-corrected chi connectivity index (χ0v) is 16.9. The molecule has 0 radical (unpaired) electrons. The van der Waals surface area contributed by atoms with E-state index in [4.69, 9.17) is 16.1 Å². The van der Waals surface area contributed by atoms with Crippen molar-refractivity contribution >= 4 is 21.6 Å². The highest BCUT2D eigenvalue weighted by atomic mass is 35.5. The van der Waals surface area contributed by atoms with E-state index in [1.54, 1.807) is 12.1 Å². The number of nitrogens with zero attached hydrogens (tertiary/aromatic N) is 3. The molecule has 6 nitrogen and oxygen atoms in total. The standard InChI is InChI=1S/C20H20ClN3O3S/c1-14-10-11-16(13-17(14)21)28(25,26)24-12-6-5-9-18(24)20-22-19(23-27-20)15-7-3-2-4-8-15/h2-4,7-8,10-11,13,18H,5-6,9,12H2,1H3/t18-/m0/s1. The minimum absolute atomic E-state index is 0.179. The number of hydrogen-bond donors (Lipinski definition) is 0. The van der Waals surface area contributed by atoms with Crippen molar-refractivity contribution in [3.8, 4) is 11.4 Å². The first kappa shape index (κ1) is 19.1. The van der Waals surface area contributed by atoms with E-state index in [0.29, 0.717) is 29.7 Å². The van der Waals surface area contributed by atoms with Crippen molar-refractivity contribution in [3.05, 3.63) is 65.0 Å². The van der Waals surface area contributed by atoms with E-state index in [1.807, 2.05) is 37.3 Å². The van der Waals surface area contributed by atoms with Crippen LogP contribution in [0.1, 0.15) is 36.8 Å². The van der Waals surface area contributed by atoms with Gasteiger partial charge in [0.15, 0.2) is 0 Å². The summed E-state index contributed by atoms with van der Waals surface area (Å²) >= 11 is 6.16. The number of piperidine rings is 1. The van der Waals surface area contributed by atoms with E-state index in [0.717, 1.165) is 24.0 Å². The van der Waals surface area contributed by atoms with Gasteiger partial charge < -0.3 is 4.52 Å². The number of aromatic nitrogens is 2. The quantitative estimate of drug-likeness (QED) is 0.619. The maximum Gasteiger partial charge on any atom is 0.245 e. The lowest BCUT2D eigenvalue weighted by Crippen LogP contribution is -2.38. The van der Waals surface area contributed by atoms with Crippen molar-refractivity contribution in [2.24, 2.45) is 0 Å². The Kier molecular flexibility index (Phi) is 5.23. The Morgan fingerprint density at radius 3 is 2.68 bits per heavy atom. The Hall–Kier alpha value is -2.22. The van der Waals surface area contributed by atoms with E-state index in [-0.39, 0.29) is 4.90 Å². The normalized spacial score (nSPS) is 18.3. The zero-order chi connectivity index (χ0) is 19.7. The first-order valence-electron chi connectivity index (χ1n) is 9.14. The molecule has 0 bridgehead atoms. The number of rotatable bonds is 4. The zero-order valence-electron chi connectivity index (χ0n) is 15.4. The maximum absolute atomic E-state index is 13.3. The van der Waals surface area contributed by atoms with Crippen molar-refractivity contribution in [1.82, 2.24) is 14.4 Å². The number of aryl methyl sites for hydroxylation is 1. The van der Waals surface area contributed by atoms with Crippen LogP contribution in [0.15, 0.2) is 57.9 Å². The van der Waals surface area contributed by atoms with Gasteiger partial charge in [0.2, 0.25) is 21.7 Å². The number of benzene rings is 2. The second kappa shape index (κ2) is 7.66. The van der Waals surface area contributed by atoms with E-state index in [9.17, 15) is 8.42 Å². The molecule has 0 spiro atoms. The fourth-order valence-electron chi connectivity index (χ4n) is 3.38. The lowest BCUT2D eigenvalue weighted by molar-refractivity contribution is 0.204. The SMILES string of the molecule is Cc1ccc(S(=O)(=O)N2CCCC[C@H]2c2nc(-c3ccccc3)no2)cc1Cl. The lowest BCUT2D eigenvalue weighted by atomic mass is 10.1. The van der Waals surface area contributed by atoms with Crippen LogP contribution in [0.3, 0.4) is 0 Å². The molecule has 0 saturated carbocycles. The van der Waals surface area contributed by atoms with Gasteiger partial charge in [0.1, 0.15) is 6.04 Å². The molecule has 4 rings (SSSR count). The molecule has 0 unspecified atom stereocenters. The van der Waals surface area contributed by atoms with E-state index in [2.05, 4.69) is 10.1 Å². The lowest BCUT2D eigenvalue weighted by Gasteiger charge is -2.32. The Bertz CT molecular complexity index is 1080. The summed E-state index contributed by atoms with van der Waals surface area (Å²) in [5.74, 6) is 0.775. The highest BCUT2D eigenvalue weighted by Crippen LogP contribution is 2.36. The highest BCUT2D eigenvalue weighted by Gasteiger charge is 2.37. The van der Waals surface area contributed by atoms with Gasteiger partial charge >= 0.3 is 0 Å².